The lowest BCUT2D eigenvalue weighted by molar-refractivity contribution is 0.335. The highest BCUT2D eigenvalue weighted by Gasteiger charge is 2.19. The SMILES string of the molecule is CCOc1ccc(Cl)cc1C(CN)c1ccc(Cl)s1. The van der Waals surface area contributed by atoms with Crippen molar-refractivity contribution < 1.29 is 4.74 Å². The second kappa shape index (κ2) is 6.62. The summed E-state index contributed by atoms with van der Waals surface area (Å²) in [7, 11) is 0. The normalized spacial score (nSPS) is 12.4. The van der Waals surface area contributed by atoms with Crippen LogP contribution in [-0.2, 0) is 0 Å². The van der Waals surface area contributed by atoms with Crippen LogP contribution in [0.5, 0.6) is 5.75 Å². The van der Waals surface area contributed by atoms with Gasteiger partial charge in [-0.15, -0.1) is 11.3 Å². The van der Waals surface area contributed by atoms with Crippen molar-refractivity contribution in [3.05, 3.63) is 50.1 Å². The number of ether oxygens (including phenoxy) is 1. The molecule has 1 unspecified atom stereocenters. The van der Waals surface area contributed by atoms with E-state index in [1.807, 2.05) is 37.3 Å². The van der Waals surface area contributed by atoms with Gasteiger partial charge in [-0.1, -0.05) is 23.2 Å². The van der Waals surface area contributed by atoms with Gasteiger partial charge in [0.05, 0.1) is 10.9 Å². The van der Waals surface area contributed by atoms with E-state index in [-0.39, 0.29) is 5.92 Å². The van der Waals surface area contributed by atoms with Gasteiger partial charge in [0.2, 0.25) is 0 Å². The van der Waals surface area contributed by atoms with Crippen LogP contribution in [0, 0.1) is 0 Å². The van der Waals surface area contributed by atoms with Gasteiger partial charge < -0.3 is 10.5 Å². The summed E-state index contributed by atoms with van der Waals surface area (Å²) in [5.74, 6) is 0.879. The molecule has 5 heteroatoms. The highest BCUT2D eigenvalue weighted by atomic mass is 35.5. The summed E-state index contributed by atoms with van der Waals surface area (Å²) in [5, 5.41) is 0.680. The maximum Gasteiger partial charge on any atom is 0.123 e. The van der Waals surface area contributed by atoms with Crippen LogP contribution >= 0.6 is 34.5 Å². The second-order valence-corrected chi connectivity index (χ2v) is 6.23. The molecule has 0 aliphatic heterocycles. The van der Waals surface area contributed by atoms with E-state index in [0.717, 1.165) is 20.5 Å². The van der Waals surface area contributed by atoms with Crippen LogP contribution in [-0.4, -0.2) is 13.2 Å². The van der Waals surface area contributed by atoms with E-state index in [2.05, 4.69) is 0 Å². The van der Waals surface area contributed by atoms with Crippen molar-refractivity contribution in [1.29, 1.82) is 0 Å². The molecule has 102 valence electrons. The summed E-state index contributed by atoms with van der Waals surface area (Å²) in [5.41, 5.74) is 6.94. The molecule has 2 aromatic rings. The maximum absolute atomic E-state index is 6.09. The van der Waals surface area contributed by atoms with Crippen molar-refractivity contribution >= 4 is 34.5 Å². The molecule has 0 radical (unpaired) electrons. The Morgan fingerprint density at radius 1 is 1.26 bits per heavy atom. The Bertz CT molecular complexity index is 556. The largest absolute Gasteiger partial charge is 0.494 e. The molecule has 2 nitrogen and oxygen atoms in total. The number of halogens is 2. The maximum atomic E-state index is 6.09. The summed E-state index contributed by atoms with van der Waals surface area (Å²) in [6.45, 7) is 3.05. The topological polar surface area (TPSA) is 35.2 Å². The van der Waals surface area contributed by atoms with E-state index in [1.54, 1.807) is 0 Å². The summed E-state index contributed by atoms with van der Waals surface area (Å²) < 4.78 is 6.42. The minimum absolute atomic E-state index is 0.0535. The fourth-order valence-electron chi connectivity index (χ4n) is 1.99. The third-order valence-corrected chi connectivity index (χ3v) is 4.40. The monoisotopic (exact) mass is 315 g/mol. The fraction of sp³-hybridized carbons (Fsp3) is 0.286. The molecule has 2 rings (SSSR count). The van der Waals surface area contributed by atoms with Crippen molar-refractivity contribution in [1.82, 2.24) is 0 Å². The van der Waals surface area contributed by atoms with Crippen molar-refractivity contribution in [2.75, 3.05) is 13.2 Å². The average Bonchev–Trinajstić information content (AvgIpc) is 2.80. The molecular formula is C14H15Cl2NOS. The quantitative estimate of drug-likeness (QED) is 0.878. The first-order chi connectivity index (χ1) is 9.15. The summed E-state index contributed by atoms with van der Waals surface area (Å²) in [6.07, 6.45) is 0. The Morgan fingerprint density at radius 3 is 2.63 bits per heavy atom. The van der Waals surface area contributed by atoms with Gasteiger partial charge in [-0.25, -0.2) is 0 Å². The second-order valence-electron chi connectivity index (χ2n) is 4.05. The predicted octanol–water partition coefficient (Wildman–Crippen LogP) is 4.54. The molecule has 0 saturated carbocycles. The molecule has 0 bridgehead atoms. The van der Waals surface area contributed by atoms with E-state index in [4.69, 9.17) is 33.7 Å². The summed E-state index contributed by atoms with van der Waals surface area (Å²) in [4.78, 5) is 1.12. The fourth-order valence-corrected chi connectivity index (χ4v) is 3.36. The number of benzene rings is 1. The summed E-state index contributed by atoms with van der Waals surface area (Å²) in [6, 6.07) is 9.51. The predicted molar refractivity (Wildman–Crippen MR) is 82.8 cm³/mol. The molecule has 1 heterocycles. The van der Waals surface area contributed by atoms with Crippen LogP contribution in [0.1, 0.15) is 23.3 Å². The standard InChI is InChI=1S/C14H15Cl2NOS/c1-2-18-12-4-3-9(15)7-10(12)11(8-17)13-5-6-14(16)19-13/h3-7,11H,2,8,17H2,1H3. The van der Waals surface area contributed by atoms with Gasteiger partial charge in [0.25, 0.3) is 0 Å². The van der Waals surface area contributed by atoms with Gasteiger partial charge in [-0.2, -0.15) is 0 Å². The van der Waals surface area contributed by atoms with Gasteiger partial charge in [0.1, 0.15) is 5.75 Å². The lowest BCUT2D eigenvalue weighted by Gasteiger charge is -2.18. The lowest BCUT2D eigenvalue weighted by atomic mass is 9.96. The van der Waals surface area contributed by atoms with Crippen LogP contribution in [0.15, 0.2) is 30.3 Å². The zero-order valence-corrected chi connectivity index (χ0v) is 12.9. The van der Waals surface area contributed by atoms with Gasteiger partial charge in [0.15, 0.2) is 0 Å². The molecule has 19 heavy (non-hydrogen) atoms. The molecule has 0 amide bonds. The number of hydrogen-bond acceptors (Lipinski definition) is 3. The Morgan fingerprint density at radius 2 is 2.05 bits per heavy atom. The minimum atomic E-state index is 0.0535. The lowest BCUT2D eigenvalue weighted by Crippen LogP contribution is -2.14. The highest BCUT2D eigenvalue weighted by Crippen LogP contribution is 2.37. The number of hydrogen-bond donors (Lipinski definition) is 1. The number of rotatable bonds is 5. The molecular weight excluding hydrogens is 301 g/mol. The molecule has 1 atom stereocenters. The Hall–Kier alpha value is -0.740. The van der Waals surface area contributed by atoms with Crippen molar-refractivity contribution in [3.63, 3.8) is 0 Å². The van der Waals surface area contributed by atoms with E-state index in [1.165, 1.54) is 11.3 Å². The van der Waals surface area contributed by atoms with Gasteiger partial charge in [-0.3, -0.25) is 0 Å². The molecule has 0 aliphatic rings. The Balaban J connectivity index is 2.44. The molecule has 0 fully saturated rings. The zero-order chi connectivity index (χ0) is 13.8. The molecule has 0 saturated heterocycles. The van der Waals surface area contributed by atoms with Gasteiger partial charge >= 0.3 is 0 Å². The van der Waals surface area contributed by atoms with Gasteiger partial charge in [-0.05, 0) is 37.3 Å². The first-order valence-electron chi connectivity index (χ1n) is 6.03. The van der Waals surface area contributed by atoms with E-state index in [9.17, 15) is 0 Å². The molecule has 2 N–H and O–H groups in total. The van der Waals surface area contributed by atoms with Crippen molar-refractivity contribution in [2.24, 2.45) is 5.73 Å². The summed E-state index contributed by atoms with van der Waals surface area (Å²) >= 11 is 13.6. The van der Waals surface area contributed by atoms with Crippen LogP contribution in [0.25, 0.3) is 0 Å². The minimum Gasteiger partial charge on any atom is -0.494 e. The Labute approximate surface area is 127 Å². The molecule has 1 aromatic carbocycles. The van der Waals surface area contributed by atoms with Crippen molar-refractivity contribution in [2.45, 2.75) is 12.8 Å². The third-order valence-electron chi connectivity index (χ3n) is 2.82. The Kier molecular flexibility index (Phi) is 5.11. The number of thiophene rings is 1. The first-order valence-corrected chi connectivity index (χ1v) is 7.60. The van der Waals surface area contributed by atoms with Crippen LogP contribution in [0.3, 0.4) is 0 Å². The van der Waals surface area contributed by atoms with E-state index >= 15 is 0 Å². The van der Waals surface area contributed by atoms with E-state index < -0.39 is 0 Å². The van der Waals surface area contributed by atoms with Crippen LogP contribution < -0.4 is 10.5 Å². The van der Waals surface area contributed by atoms with Gasteiger partial charge in [0, 0.05) is 27.9 Å². The average molecular weight is 316 g/mol. The number of nitrogens with two attached hydrogens (primary N) is 1. The molecule has 0 spiro atoms. The highest BCUT2D eigenvalue weighted by molar-refractivity contribution is 7.16. The third kappa shape index (κ3) is 3.42. The molecule has 1 aromatic heterocycles. The molecule has 0 aliphatic carbocycles. The zero-order valence-electron chi connectivity index (χ0n) is 10.5. The van der Waals surface area contributed by atoms with Crippen LogP contribution in [0.2, 0.25) is 9.36 Å². The van der Waals surface area contributed by atoms with Crippen LogP contribution in [0.4, 0.5) is 0 Å². The van der Waals surface area contributed by atoms with E-state index in [0.29, 0.717) is 18.2 Å². The van der Waals surface area contributed by atoms with Crippen molar-refractivity contribution in [3.8, 4) is 5.75 Å². The smallest absolute Gasteiger partial charge is 0.123 e. The first kappa shape index (κ1) is 14.7.